The molecule has 0 atom stereocenters. The van der Waals surface area contributed by atoms with E-state index in [0.717, 1.165) is 39.3 Å². The van der Waals surface area contributed by atoms with Crippen molar-refractivity contribution >= 4 is 17.5 Å². The summed E-state index contributed by atoms with van der Waals surface area (Å²) in [6.45, 7) is 6.68. The molecule has 8 heteroatoms. The predicted octanol–water partition coefficient (Wildman–Crippen LogP) is 1.48. The van der Waals surface area contributed by atoms with E-state index < -0.39 is 5.82 Å². The predicted molar refractivity (Wildman–Crippen MR) is 95.0 cm³/mol. The molecule has 1 saturated heterocycles. The number of ether oxygens (including phenoxy) is 1. The Morgan fingerprint density at radius 2 is 2.15 bits per heavy atom. The molecule has 140 valence electrons. The quantitative estimate of drug-likeness (QED) is 0.742. The molecule has 1 aliphatic heterocycles. The van der Waals surface area contributed by atoms with Gasteiger partial charge in [-0.2, -0.15) is 0 Å². The van der Waals surface area contributed by atoms with Gasteiger partial charge in [0, 0.05) is 13.0 Å². The number of carbonyl (C=O) groups excluding carboxylic acids is 1. The molecule has 26 heavy (non-hydrogen) atoms. The van der Waals surface area contributed by atoms with Gasteiger partial charge in [0.2, 0.25) is 0 Å². The Kier molecular flexibility index (Phi) is 6.24. The fraction of sp³-hybridized carbons (Fsp3) is 0.444. The topological polar surface area (TPSA) is 68.8 Å². The molecule has 0 bridgehead atoms. The lowest BCUT2D eigenvalue weighted by molar-refractivity contribution is -0.908. The number of rotatable bonds is 6. The zero-order valence-electron chi connectivity index (χ0n) is 14.6. The molecular formula is C18H22ClFN3O3+. The second-order valence-electron chi connectivity index (χ2n) is 6.28. The van der Waals surface area contributed by atoms with Gasteiger partial charge in [-0.1, -0.05) is 22.8 Å². The molecule has 6 nitrogen and oxygen atoms in total. The van der Waals surface area contributed by atoms with Crippen LogP contribution in [0.2, 0.25) is 5.02 Å². The fourth-order valence-electron chi connectivity index (χ4n) is 3.07. The average molecular weight is 383 g/mol. The molecule has 0 aliphatic carbocycles. The number of amides is 1. The van der Waals surface area contributed by atoms with E-state index in [2.05, 4.69) is 10.5 Å². The number of nitrogens with zero attached hydrogens (tertiary/aromatic N) is 1. The van der Waals surface area contributed by atoms with Crippen LogP contribution in [0.25, 0.3) is 11.3 Å². The van der Waals surface area contributed by atoms with Crippen LogP contribution in [0.4, 0.5) is 4.39 Å². The summed E-state index contributed by atoms with van der Waals surface area (Å²) in [5.41, 5.74) is 0.423. The van der Waals surface area contributed by atoms with Crippen molar-refractivity contribution in [3.8, 4) is 11.3 Å². The Bertz CT molecular complexity index is 755. The molecule has 0 unspecified atom stereocenters. The van der Waals surface area contributed by atoms with Crippen LogP contribution in [0.5, 0.6) is 0 Å². The molecule has 1 aliphatic rings. The van der Waals surface area contributed by atoms with Crippen LogP contribution in [0.3, 0.4) is 0 Å². The number of aryl methyl sites for hydroxylation is 1. The molecule has 1 fully saturated rings. The highest BCUT2D eigenvalue weighted by Crippen LogP contribution is 2.33. The van der Waals surface area contributed by atoms with Crippen molar-refractivity contribution in [2.45, 2.75) is 13.3 Å². The molecular weight excluding hydrogens is 361 g/mol. The average Bonchev–Trinajstić information content (AvgIpc) is 3.01. The summed E-state index contributed by atoms with van der Waals surface area (Å²) in [6.07, 6.45) is 0.848. The van der Waals surface area contributed by atoms with E-state index in [1.165, 1.54) is 17.0 Å². The Labute approximate surface area is 156 Å². The third kappa shape index (κ3) is 4.23. The van der Waals surface area contributed by atoms with E-state index in [-0.39, 0.29) is 27.8 Å². The minimum absolute atomic E-state index is 0.0777. The zero-order valence-corrected chi connectivity index (χ0v) is 15.4. The zero-order chi connectivity index (χ0) is 18.5. The number of benzene rings is 1. The highest BCUT2D eigenvalue weighted by Gasteiger charge is 2.25. The van der Waals surface area contributed by atoms with Gasteiger partial charge in [0.15, 0.2) is 0 Å². The highest BCUT2D eigenvalue weighted by molar-refractivity contribution is 6.33. The van der Waals surface area contributed by atoms with Gasteiger partial charge in [-0.3, -0.25) is 4.79 Å². The Balaban J connectivity index is 1.65. The molecule has 0 spiro atoms. The summed E-state index contributed by atoms with van der Waals surface area (Å²) in [5, 5.41) is 6.90. The van der Waals surface area contributed by atoms with Crippen LogP contribution in [0.15, 0.2) is 22.7 Å². The maximum absolute atomic E-state index is 14.2. The van der Waals surface area contributed by atoms with Crippen molar-refractivity contribution in [2.75, 3.05) is 39.4 Å². The van der Waals surface area contributed by atoms with Gasteiger partial charge in [-0.05, 0) is 19.1 Å². The Morgan fingerprint density at radius 3 is 2.88 bits per heavy atom. The number of quaternary nitrogens is 1. The van der Waals surface area contributed by atoms with E-state index >= 15 is 0 Å². The number of halogens is 2. The molecule has 1 aromatic heterocycles. The van der Waals surface area contributed by atoms with Crippen molar-refractivity contribution in [1.29, 1.82) is 0 Å². The van der Waals surface area contributed by atoms with Crippen LogP contribution in [-0.2, 0) is 4.74 Å². The summed E-state index contributed by atoms with van der Waals surface area (Å²) >= 11 is 6.10. The third-order valence-corrected chi connectivity index (χ3v) is 4.80. The van der Waals surface area contributed by atoms with Crippen LogP contribution in [-0.4, -0.2) is 50.5 Å². The highest BCUT2D eigenvalue weighted by atomic mass is 35.5. The first-order valence-electron chi connectivity index (χ1n) is 8.68. The van der Waals surface area contributed by atoms with Crippen LogP contribution < -0.4 is 10.2 Å². The third-order valence-electron chi connectivity index (χ3n) is 4.48. The van der Waals surface area contributed by atoms with Crippen LogP contribution in [0.1, 0.15) is 22.5 Å². The van der Waals surface area contributed by atoms with E-state index in [0.29, 0.717) is 12.3 Å². The monoisotopic (exact) mass is 382 g/mol. The van der Waals surface area contributed by atoms with Crippen molar-refractivity contribution in [2.24, 2.45) is 0 Å². The SMILES string of the molecule is Cc1onc(-c2c(F)cccc2Cl)c1C(=O)NCCC[NH+]1CCOCC1. The van der Waals surface area contributed by atoms with Crippen LogP contribution in [0, 0.1) is 12.7 Å². The number of hydrogen-bond acceptors (Lipinski definition) is 4. The maximum Gasteiger partial charge on any atom is 0.257 e. The molecule has 1 amide bonds. The van der Waals surface area contributed by atoms with Crippen LogP contribution >= 0.6 is 11.6 Å². The fourth-order valence-corrected chi connectivity index (χ4v) is 3.33. The van der Waals surface area contributed by atoms with Crippen molar-refractivity contribution in [3.05, 3.63) is 40.4 Å². The Morgan fingerprint density at radius 1 is 1.38 bits per heavy atom. The van der Waals surface area contributed by atoms with Gasteiger partial charge in [0.25, 0.3) is 5.91 Å². The van der Waals surface area contributed by atoms with Gasteiger partial charge in [0.05, 0.1) is 30.3 Å². The number of aromatic nitrogens is 1. The van der Waals surface area contributed by atoms with Gasteiger partial charge in [-0.15, -0.1) is 0 Å². The number of morpholine rings is 1. The van der Waals surface area contributed by atoms with Crippen molar-refractivity contribution < 1.29 is 23.3 Å². The lowest BCUT2D eigenvalue weighted by Crippen LogP contribution is -3.14. The molecule has 2 aromatic rings. The molecule has 2 heterocycles. The minimum atomic E-state index is -0.546. The van der Waals surface area contributed by atoms with Gasteiger partial charge >= 0.3 is 0 Å². The van der Waals surface area contributed by atoms with Gasteiger partial charge in [-0.25, -0.2) is 4.39 Å². The second-order valence-corrected chi connectivity index (χ2v) is 6.69. The van der Waals surface area contributed by atoms with Crippen molar-refractivity contribution in [3.63, 3.8) is 0 Å². The molecule has 0 radical (unpaired) electrons. The van der Waals surface area contributed by atoms with Gasteiger partial charge in [0.1, 0.15) is 35.9 Å². The summed E-state index contributed by atoms with van der Waals surface area (Å²) < 4.78 is 24.7. The molecule has 0 saturated carbocycles. The number of hydrogen-bond donors (Lipinski definition) is 2. The Hall–Kier alpha value is -1.96. The second kappa shape index (κ2) is 8.62. The lowest BCUT2D eigenvalue weighted by atomic mass is 10.0. The molecule has 3 rings (SSSR count). The van der Waals surface area contributed by atoms with E-state index in [9.17, 15) is 9.18 Å². The van der Waals surface area contributed by atoms with Crippen molar-refractivity contribution in [1.82, 2.24) is 10.5 Å². The normalized spacial score (nSPS) is 15.2. The molecule has 2 N–H and O–H groups in total. The lowest BCUT2D eigenvalue weighted by Gasteiger charge is -2.23. The summed E-state index contributed by atoms with van der Waals surface area (Å²) in [4.78, 5) is 14.1. The van der Waals surface area contributed by atoms with E-state index in [4.69, 9.17) is 20.9 Å². The summed E-state index contributed by atoms with van der Waals surface area (Å²) in [7, 11) is 0. The first-order chi connectivity index (χ1) is 12.6. The number of carbonyl (C=O) groups is 1. The summed E-state index contributed by atoms with van der Waals surface area (Å²) in [6, 6.07) is 4.33. The van der Waals surface area contributed by atoms with E-state index in [1.807, 2.05) is 0 Å². The smallest absolute Gasteiger partial charge is 0.257 e. The minimum Gasteiger partial charge on any atom is -0.370 e. The first kappa shape index (κ1) is 18.8. The molecule has 1 aromatic carbocycles. The first-order valence-corrected chi connectivity index (χ1v) is 9.06. The largest absolute Gasteiger partial charge is 0.370 e. The summed E-state index contributed by atoms with van der Waals surface area (Å²) in [5.74, 6) is -0.554. The number of nitrogens with one attached hydrogen (secondary N) is 2. The van der Waals surface area contributed by atoms with E-state index in [1.54, 1.807) is 13.0 Å². The van der Waals surface area contributed by atoms with Gasteiger partial charge < -0.3 is 19.5 Å². The maximum atomic E-state index is 14.2. The standard InChI is InChI=1S/C18H21ClFN3O3/c1-12-15(17(22-26-12)16-13(19)4-2-5-14(16)20)18(24)21-6-3-7-23-8-10-25-11-9-23/h2,4-5H,3,6-11H2,1H3,(H,21,24)/p+1.